The molecule has 0 aromatic carbocycles. The second-order valence-electron chi connectivity index (χ2n) is 4.30. The molecule has 2 nitrogen and oxygen atoms in total. The van der Waals surface area contributed by atoms with Crippen molar-refractivity contribution >= 4 is 16.5 Å². The van der Waals surface area contributed by atoms with Gasteiger partial charge in [-0.2, -0.15) is 0 Å². The Hall–Kier alpha value is -0.710. The average molecular weight is 246 g/mol. The number of anilines is 1. The largest absolute Gasteiger partial charge is 0.348 e. The third-order valence-electron chi connectivity index (χ3n) is 3.18. The molecule has 0 bridgehead atoms. The van der Waals surface area contributed by atoms with E-state index in [-0.39, 0.29) is 0 Å². The predicted octanol–water partition coefficient (Wildman–Crippen LogP) is 3.24. The first-order valence-electron chi connectivity index (χ1n) is 5.55. The van der Waals surface area contributed by atoms with Crippen LogP contribution in [0.25, 0.3) is 0 Å². The van der Waals surface area contributed by atoms with Crippen LogP contribution in [0.3, 0.4) is 0 Å². The summed E-state index contributed by atoms with van der Waals surface area (Å²) in [7, 11) is 0. The van der Waals surface area contributed by atoms with Gasteiger partial charge in [0.15, 0.2) is 5.13 Å². The van der Waals surface area contributed by atoms with Gasteiger partial charge >= 0.3 is 0 Å². The van der Waals surface area contributed by atoms with Gasteiger partial charge in [-0.05, 0) is 26.7 Å². The summed E-state index contributed by atoms with van der Waals surface area (Å²) >= 11 is 1.66. The predicted molar refractivity (Wildman–Crippen MR) is 62.5 cm³/mol. The summed E-state index contributed by atoms with van der Waals surface area (Å²) in [5.41, 5.74) is 1.05. The summed E-state index contributed by atoms with van der Waals surface area (Å²) in [6.07, 6.45) is -1.01. The summed E-state index contributed by atoms with van der Waals surface area (Å²) in [4.78, 5) is 7.80. The summed E-state index contributed by atoms with van der Waals surface area (Å²) in [5, 5.41) is 0.989. The SMILES string of the molecule is Cc1nc(N2CCC(C(F)F)CC2)sc1C. The van der Waals surface area contributed by atoms with Gasteiger partial charge in [0.2, 0.25) is 6.43 Å². The number of aromatic nitrogens is 1. The number of alkyl halides is 2. The lowest BCUT2D eigenvalue weighted by atomic mass is 9.98. The van der Waals surface area contributed by atoms with Crippen LogP contribution in [0.2, 0.25) is 0 Å². The molecular weight excluding hydrogens is 230 g/mol. The van der Waals surface area contributed by atoms with Crippen LogP contribution in [0.1, 0.15) is 23.4 Å². The van der Waals surface area contributed by atoms with Crippen LogP contribution in [0.4, 0.5) is 13.9 Å². The first kappa shape index (κ1) is 11.8. The van der Waals surface area contributed by atoms with Crippen LogP contribution in [0.5, 0.6) is 0 Å². The van der Waals surface area contributed by atoms with Gasteiger partial charge in [0.1, 0.15) is 0 Å². The number of piperidine rings is 1. The average Bonchev–Trinajstić information content (AvgIpc) is 2.59. The van der Waals surface area contributed by atoms with E-state index in [9.17, 15) is 8.78 Å². The van der Waals surface area contributed by atoms with E-state index < -0.39 is 12.3 Å². The Bertz CT molecular complexity index is 337. The quantitative estimate of drug-likeness (QED) is 0.796. The molecule has 1 fully saturated rings. The van der Waals surface area contributed by atoms with E-state index >= 15 is 0 Å². The minimum atomic E-state index is -2.16. The monoisotopic (exact) mass is 246 g/mol. The lowest BCUT2D eigenvalue weighted by Crippen LogP contribution is -2.35. The Kier molecular flexibility index (Phi) is 3.42. The summed E-state index contributed by atoms with van der Waals surface area (Å²) in [6.45, 7) is 5.45. The summed E-state index contributed by atoms with van der Waals surface area (Å²) < 4.78 is 25.0. The molecule has 2 heterocycles. The fraction of sp³-hybridized carbons (Fsp3) is 0.727. The molecule has 1 aliphatic heterocycles. The van der Waals surface area contributed by atoms with Crippen molar-refractivity contribution in [2.24, 2.45) is 5.92 Å². The van der Waals surface area contributed by atoms with Crippen molar-refractivity contribution in [1.82, 2.24) is 4.98 Å². The Labute approximate surface area is 98.3 Å². The molecule has 0 N–H and O–H groups in total. The minimum Gasteiger partial charge on any atom is -0.348 e. The minimum absolute atomic E-state index is 0.418. The lowest BCUT2D eigenvalue weighted by molar-refractivity contribution is 0.0636. The van der Waals surface area contributed by atoms with E-state index in [2.05, 4.69) is 9.88 Å². The summed E-state index contributed by atoms with van der Waals surface area (Å²) in [6, 6.07) is 0. The van der Waals surface area contributed by atoms with Gasteiger partial charge in [-0.3, -0.25) is 0 Å². The van der Waals surface area contributed by atoms with Gasteiger partial charge in [-0.15, -0.1) is 11.3 Å². The number of aryl methyl sites for hydroxylation is 2. The second kappa shape index (κ2) is 4.65. The molecule has 2 rings (SSSR count). The fourth-order valence-electron chi connectivity index (χ4n) is 1.93. The van der Waals surface area contributed by atoms with Gasteiger partial charge < -0.3 is 4.90 Å². The zero-order valence-corrected chi connectivity index (χ0v) is 10.4. The van der Waals surface area contributed by atoms with E-state index in [0.29, 0.717) is 25.9 Å². The van der Waals surface area contributed by atoms with Gasteiger partial charge in [0.05, 0.1) is 5.69 Å². The molecule has 1 aromatic heterocycles. The first-order chi connectivity index (χ1) is 7.58. The highest BCUT2D eigenvalue weighted by Gasteiger charge is 2.27. The maximum Gasteiger partial charge on any atom is 0.241 e. The van der Waals surface area contributed by atoms with E-state index in [4.69, 9.17) is 0 Å². The molecule has 0 radical (unpaired) electrons. The molecule has 16 heavy (non-hydrogen) atoms. The molecule has 1 saturated heterocycles. The van der Waals surface area contributed by atoms with Gasteiger partial charge in [0, 0.05) is 23.9 Å². The number of hydrogen-bond donors (Lipinski definition) is 0. The van der Waals surface area contributed by atoms with Crippen LogP contribution < -0.4 is 4.90 Å². The molecule has 0 atom stereocenters. The zero-order valence-electron chi connectivity index (χ0n) is 9.54. The van der Waals surface area contributed by atoms with Crippen LogP contribution in [-0.2, 0) is 0 Å². The van der Waals surface area contributed by atoms with Crippen molar-refractivity contribution in [3.63, 3.8) is 0 Å². The Balaban J connectivity index is 1.99. The van der Waals surface area contributed by atoms with Crippen molar-refractivity contribution in [3.05, 3.63) is 10.6 Å². The van der Waals surface area contributed by atoms with Crippen molar-refractivity contribution < 1.29 is 8.78 Å². The lowest BCUT2D eigenvalue weighted by Gasteiger charge is -2.31. The van der Waals surface area contributed by atoms with Gasteiger partial charge in [-0.25, -0.2) is 13.8 Å². The van der Waals surface area contributed by atoms with Gasteiger partial charge in [-0.1, -0.05) is 0 Å². The number of halogens is 2. The van der Waals surface area contributed by atoms with Crippen molar-refractivity contribution in [1.29, 1.82) is 0 Å². The first-order valence-corrected chi connectivity index (χ1v) is 6.36. The number of nitrogens with zero attached hydrogens (tertiary/aromatic N) is 2. The number of thiazole rings is 1. The maximum absolute atomic E-state index is 12.5. The van der Waals surface area contributed by atoms with Crippen LogP contribution in [0, 0.1) is 19.8 Å². The molecule has 0 saturated carbocycles. The molecular formula is C11H16F2N2S. The number of rotatable bonds is 2. The molecule has 1 aliphatic rings. The van der Waals surface area contributed by atoms with Crippen LogP contribution >= 0.6 is 11.3 Å². The molecule has 0 amide bonds. The Morgan fingerprint density at radius 1 is 1.31 bits per heavy atom. The van der Waals surface area contributed by atoms with E-state index in [1.165, 1.54) is 4.88 Å². The Morgan fingerprint density at radius 2 is 1.94 bits per heavy atom. The van der Waals surface area contributed by atoms with Crippen molar-refractivity contribution in [2.75, 3.05) is 18.0 Å². The molecule has 90 valence electrons. The Morgan fingerprint density at radius 3 is 2.38 bits per heavy atom. The smallest absolute Gasteiger partial charge is 0.241 e. The molecule has 0 aliphatic carbocycles. The molecule has 0 unspecified atom stereocenters. The highest BCUT2D eigenvalue weighted by molar-refractivity contribution is 7.15. The standard InChI is InChI=1S/C11H16F2N2S/c1-7-8(2)16-11(14-7)15-5-3-9(4-6-15)10(12)13/h9-10H,3-6H2,1-2H3. The van der Waals surface area contributed by atoms with Crippen LogP contribution in [0.15, 0.2) is 0 Å². The van der Waals surface area contributed by atoms with Gasteiger partial charge in [0.25, 0.3) is 0 Å². The van der Waals surface area contributed by atoms with Crippen molar-refractivity contribution in [3.8, 4) is 0 Å². The normalized spacial score (nSPS) is 18.4. The third kappa shape index (κ3) is 2.34. The fourth-order valence-corrected chi connectivity index (χ4v) is 2.90. The topological polar surface area (TPSA) is 16.1 Å². The number of hydrogen-bond acceptors (Lipinski definition) is 3. The van der Waals surface area contributed by atoms with E-state index in [1.807, 2.05) is 13.8 Å². The maximum atomic E-state index is 12.5. The van der Waals surface area contributed by atoms with E-state index in [0.717, 1.165) is 10.8 Å². The molecule has 1 aromatic rings. The third-order valence-corrected chi connectivity index (χ3v) is 4.32. The highest BCUT2D eigenvalue weighted by atomic mass is 32.1. The zero-order chi connectivity index (χ0) is 11.7. The van der Waals surface area contributed by atoms with E-state index in [1.54, 1.807) is 11.3 Å². The second-order valence-corrected chi connectivity index (χ2v) is 5.48. The van der Waals surface area contributed by atoms with Crippen molar-refractivity contribution in [2.45, 2.75) is 33.1 Å². The summed E-state index contributed by atoms with van der Waals surface area (Å²) in [5.74, 6) is -0.418. The molecule has 0 spiro atoms. The molecule has 5 heteroatoms. The highest BCUT2D eigenvalue weighted by Crippen LogP contribution is 2.30. The van der Waals surface area contributed by atoms with Crippen LogP contribution in [-0.4, -0.2) is 24.5 Å².